The second-order valence-electron chi connectivity index (χ2n) is 7.32. The molecule has 10 heteroatoms. The van der Waals surface area contributed by atoms with Crippen molar-refractivity contribution in [1.29, 1.82) is 5.26 Å². The lowest BCUT2D eigenvalue weighted by Gasteiger charge is -2.30. The van der Waals surface area contributed by atoms with Gasteiger partial charge in [0.25, 0.3) is 5.91 Å². The van der Waals surface area contributed by atoms with Crippen molar-refractivity contribution in [2.75, 3.05) is 25.0 Å². The van der Waals surface area contributed by atoms with Gasteiger partial charge in [-0.05, 0) is 54.8 Å². The van der Waals surface area contributed by atoms with Gasteiger partial charge in [-0.1, -0.05) is 12.1 Å². The van der Waals surface area contributed by atoms with Crippen LogP contribution in [0.15, 0.2) is 53.4 Å². The van der Waals surface area contributed by atoms with Gasteiger partial charge in [0.05, 0.1) is 23.3 Å². The van der Waals surface area contributed by atoms with Gasteiger partial charge < -0.3 is 10.1 Å². The van der Waals surface area contributed by atoms with E-state index in [1.54, 1.807) is 24.3 Å². The maximum Gasteiger partial charge on any atom is 0.309 e. The first-order valence-electron chi connectivity index (χ1n) is 9.97. The Morgan fingerprint density at radius 3 is 2.31 bits per heavy atom. The number of anilines is 1. The minimum Gasteiger partial charge on any atom is -0.455 e. The number of nitriles is 1. The summed E-state index contributed by atoms with van der Waals surface area (Å²) in [5.74, 6) is -2.08. The molecule has 32 heavy (non-hydrogen) atoms. The Kier molecular flexibility index (Phi) is 7.56. The summed E-state index contributed by atoms with van der Waals surface area (Å²) in [5.41, 5.74) is 1.34. The predicted molar refractivity (Wildman–Crippen MR) is 113 cm³/mol. The van der Waals surface area contributed by atoms with E-state index in [1.807, 2.05) is 6.07 Å². The van der Waals surface area contributed by atoms with Crippen LogP contribution in [0.3, 0.4) is 0 Å². The first kappa shape index (κ1) is 23.4. The molecule has 0 bridgehead atoms. The molecule has 0 unspecified atom stereocenters. The molecule has 0 spiro atoms. The number of amides is 1. The SMILES string of the molecule is N#CCc1ccc(NC(=O)COC(=O)C2CCN(S(=O)(=O)c3ccc(F)cc3)CC2)cc1. The fourth-order valence-electron chi connectivity index (χ4n) is 3.34. The van der Waals surface area contributed by atoms with Crippen LogP contribution in [-0.2, 0) is 30.8 Å². The number of nitrogens with zero attached hydrogens (tertiary/aromatic N) is 2. The average molecular weight is 459 g/mol. The van der Waals surface area contributed by atoms with Gasteiger partial charge in [0, 0.05) is 18.8 Å². The van der Waals surface area contributed by atoms with E-state index in [2.05, 4.69) is 5.32 Å². The van der Waals surface area contributed by atoms with Crippen molar-refractivity contribution in [3.63, 3.8) is 0 Å². The van der Waals surface area contributed by atoms with Crippen molar-refractivity contribution in [3.8, 4) is 6.07 Å². The van der Waals surface area contributed by atoms with Crippen molar-refractivity contribution >= 4 is 27.6 Å². The topological polar surface area (TPSA) is 117 Å². The van der Waals surface area contributed by atoms with Crippen molar-refractivity contribution in [3.05, 3.63) is 59.9 Å². The maximum absolute atomic E-state index is 13.1. The minimum atomic E-state index is -3.76. The fraction of sp³-hybridized carbons (Fsp3) is 0.318. The monoisotopic (exact) mass is 459 g/mol. The summed E-state index contributed by atoms with van der Waals surface area (Å²) in [5, 5.41) is 11.3. The third-order valence-electron chi connectivity index (χ3n) is 5.11. The minimum absolute atomic E-state index is 0.00254. The second kappa shape index (κ2) is 10.3. The van der Waals surface area contributed by atoms with Gasteiger partial charge in [0.15, 0.2) is 6.61 Å². The van der Waals surface area contributed by atoms with Gasteiger partial charge in [0.1, 0.15) is 5.82 Å². The van der Waals surface area contributed by atoms with E-state index in [0.717, 1.165) is 17.7 Å². The zero-order valence-corrected chi connectivity index (χ0v) is 18.0. The van der Waals surface area contributed by atoms with E-state index >= 15 is 0 Å². The number of carbonyl (C=O) groups is 2. The number of nitrogens with one attached hydrogen (secondary N) is 1. The number of hydrogen-bond acceptors (Lipinski definition) is 6. The van der Waals surface area contributed by atoms with Gasteiger partial charge in [-0.3, -0.25) is 9.59 Å². The van der Waals surface area contributed by atoms with Crippen molar-refractivity contribution < 1.29 is 27.1 Å². The quantitative estimate of drug-likeness (QED) is 0.636. The largest absolute Gasteiger partial charge is 0.455 e. The molecule has 0 radical (unpaired) electrons. The van der Waals surface area contributed by atoms with Crippen LogP contribution in [0, 0.1) is 23.1 Å². The molecule has 3 rings (SSSR count). The molecule has 0 atom stereocenters. The molecule has 1 heterocycles. The Balaban J connectivity index is 1.45. The molecular weight excluding hydrogens is 437 g/mol. The molecule has 1 saturated heterocycles. The van der Waals surface area contributed by atoms with Crippen LogP contribution in [0.1, 0.15) is 18.4 Å². The molecule has 2 aromatic carbocycles. The third kappa shape index (κ3) is 5.90. The Labute approximate surface area is 185 Å². The standard InChI is InChI=1S/C22H22FN3O5S/c23-18-3-7-20(8-4-18)32(29,30)26-13-10-17(11-14-26)22(28)31-15-21(27)25-19-5-1-16(2-6-19)9-12-24/h1-8,17H,9-11,13-15H2,(H,25,27). The van der Waals surface area contributed by atoms with Gasteiger partial charge in [-0.15, -0.1) is 0 Å². The highest BCUT2D eigenvalue weighted by atomic mass is 32.2. The Hall–Kier alpha value is -3.29. The van der Waals surface area contributed by atoms with Crippen molar-refractivity contribution in [2.24, 2.45) is 5.92 Å². The van der Waals surface area contributed by atoms with E-state index in [4.69, 9.17) is 10.00 Å². The number of esters is 1. The van der Waals surface area contributed by atoms with Crippen LogP contribution >= 0.6 is 0 Å². The first-order chi connectivity index (χ1) is 15.3. The summed E-state index contributed by atoms with van der Waals surface area (Å²) in [4.78, 5) is 24.3. The molecule has 1 aliphatic rings. The molecule has 0 aliphatic carbocycles. The Morgan fingerprint density at radius 2 is 1.72 bits per heavy atom. The first-order valence-corrected chi connectivity index (χ1v) is 11.4. The summed E-state index contributed by atoms with van der Waals surface area (Å²) in [6.45, 7) is -0.200. The number of carbonyl (C=O) groups excluding carboxylic acids is 2. The number of halogens is 1. The Bertz CT molecular complexity index is 1100. The van der Waals surface area contributed by atoms with Crippen molar-refractivity contribution in [2.45, 2.75) is 24.2 Å². The van der Waals surface area contributed by atoms with E-state index in [1.165, 1.54) is 16.4 Å². The van der Waals surface area contributed by atoms with Crippen LogP contribution in [0.4, 0.5) is 10.1 Å². The number of sulfonamides is 1. The molecule has 8 nitrogen and oxygen atoms in total. The van der Waals surface area contributed by atoms with Crippen molar-refractivity contribution in [1.82, 2.24) is 4.31 Å². The zero-order chi connectivity index (χ0) is 23.1. The lowest BCUT2D eigenvalue weighted by Crippen LogP contribution is -2.40. The molecule has 168 valence electrons. The van der Waals surface area contributed by atoms with Gasteiger partial charge in [-0.25, -0.2) is 12.8 Å². The smallest absolute Gasteiger partial charge is 0.309 e. The van der Waals surface area contributed by atoms with E-state index in [0.29, 0.717) is 5.69 Å². The summed E-state index contributed by atoms with van der Waals surface area (Å²) in [6.07, 6.45) is 0.804. The molecule has 1 aliphatic heterocycles. The zero-order valence-electron chi connectivity index (χ0n) is 17.2. The van der Waals surface area contributed by atoms with Gasteiger partial charge in [0.2, 0.25) is 10.0 Å². The van der Waals surface area contributed by atoms with E-state index in [-0.39, 0.29) is 37.2 Å². The number of rotatable bonds is 7. The second-order valence-corrected chi connectivity index (χ2v) is 9.26. The number of ether oxygens (including phenoxy) is 1. The molecule has 0 saturated carbocycles. The fourth-order valence-corrected chi connectivity index (χ4v) is 4.81. The lowest BCUT2D eigenvalue weighted by atomic mass is 9.98. The summed E-state index contributed by atoms with van der Waals surface area (Å²) in [7, 11) is -3.76. The molecule has 2 aromatic rings. The molecule has 1 fully saturated rings. The van der Waals surface area contributed by atoms with Crippen LogP contribution in [-0.4, -0.2) is 44.3 Å². The highest BCUT2D eigenvalue weighted by molar-refractivity contribution is 7.89. The summed E-state index contributed by atoms with van der Waals surface area (Å²) < 4.78 is 44.7. The normalized spacial score (nSPS) is 15.0. The summed E-state index contributed by atoms with van der Waals surface area (Å²) >= 11 is 0. The maximum atomic E-state index is 13.1. The molecule has 0 aromatic heterocycles. The van der Waals surface area contributed by atoms with E-state index < -0.39 is 40.2 Å². The van der Waals surface area contributed by atoms with Crippen LogP contribution in [0.5, 0.6) is 0 Å². The average Bonchev–Trinajstić information content (AvgIpc) is 2.79. The molecule has 1 N–H and O–H groups in total. The lowest BCUT2D eigenvalue weighted by molar-refractivity contribution is -0.152. The number of benzene rings is 2. The highest BCUT2D eigenvalue weighted by Crippen LogP contribution is 2.24. The van der Waals surface area contributed by atoms with Crippen LogP contribution in [0.25, 0.3) is 0 Å². The number of hydrogen-bond donors (Lipinski definition) is 1. The molecular formula is C22H22FN3O5S. The highest BCUT2D eigenvalue weighted by Gasteiger charge is 2.33. The van der Waals surface area contributed by atoms with Crippen LogP contribution < -0.4 is 5.32 Å². The summed E-state index contributed by atoms with van der Waals surface area (Å²) in [6, 6.07) is 13.4. The molecule has 1 amide bonds. The van der Waals surface area contributed by atoms with Gasteiger partial charge in [-0.2, -0.15) is 9.57 Å². The number of piperidine rings is 1. The predicted octanol–water partition coefficient (Wildman–Crippen LogP) is 2.47. The van der Waals surface area contributed by atoms with Crippen LogP contribution in [0.2, 0.25) is 0 Å². The third-order valence-corrected chi connectivity index (χ3v) is 7.02. The van der Waals surface area contributed by atoms with Gasteiger partial charge >= 0.3 is 5.97 Å². The van der Waals surface area contributed by atoms with E-state index in [9.17, 15) is 22.4 Å². The Morgan fingerprint density at radius 1 is 1.09 bits per heavy atom.